The third-order valence-electron chi connectivity index (χ3n) is 3.70. The molecule has 0 heterocycles. The minimum absolute atomic E-state index is 0.233. The third kappa shape index (κ3) is 4.62. The van der Waals surface area contributed by atoms with Crippen molar-refractivity contribution >= 4 is 17.6 Å². The number of nitro groups is 1. The number of carbonyl (C=O) groups excluding carboxylic acids is 2. The van der Waals surface area contributed by atoms with Crippen LogP contribution in [0.4, 0.5) is 10.1 Å². The van der Waals surface area contributed by atoms with Crippen LogP contribution >= 0.6 is 0 Å². The molecular formula is C18H17FN2O5. The third-order valence-corrected chi connectivity index (χ3v) is 3.70. The van der Waals surface area contributed by atoms with Crippen LogP contribution in [-0.4, -0.2) is 22.9 Å². The van der Waals surface area contributed by atoms with Crippen LogP contribution in [0, 0.1) is 15.9 Å². The Kier molecular flexibility index (Phi) is 6.00. The van der Waals surface area contributed by atoms with Crippen molar-refractivity contribution in [3.05, 3.63) is 75.6 Å². The molecule has 1 N–H and O–H groups in total. The Morgan fingerprint density at radius 3 is 2.35 bits per heavy atom. The fraction of sp³-hybridized carbons (Fsp3) is 0.222. The number of benzene rings is 2. The highest BCUT2D eigenvalue weighted by molar-refractivity contribution is 5.95. The quantitative estimate of drug-likeness (QED) is 0.485. The van der Waals surface area contributed by atoms with Crippen LogP contribution in [0.2, 0.25) is 0 Å². The SMILES string of the molecule is C[C@H](NC(=O)[C@@H](C)OC(=O)c1ccccc1[N+](=O)[O-])c1ccc(F)cc1. The van der Waals surface area contributed by atoms with Crippen LogP contribution in [0.15, 0.2) is 48.5 Å². The normalized spacial score (nSPS) is 12.7. The standard InChI is InChI=1S/C18H17FN2O5/c1-11(13-7-9-14(19)10-8-13)20-17(22)12(2)26-18(23)15-5-3-4-6-16(15)21(24)25/h3-12H,1-2H3,(H,20,22)/t11-,12+/m0/s1. The molecule has 0 fully saturated rings. The Labute approximate surface area is 148 Å². The van der Waals surface area contributed by atoms with Gasteiger partial charge in [-0.3, -0.25) is 14.9 Å². The molecule has 8 heteroatoms. The molecule has 0 bridgehead atoms. The Hall–Kier alpha value is -3.29. The van der Waals surface area contributed by atoms with E-state index in [4.69, 9.17) is 4.74 Å². The second kappa shape index (κ2) is 8.19. The summed E-state index contributed by atoms with van der Waals surface area (Å²) in [6.45, 7) is 3.06. The average molecular weight is 360 g/mol. The van der Waals surface area contributed by atoms with Crippen molar-refractivity contribution in [2.24, 2.45) is 0 Å². The molecule has 136 valence electrons. The summed E-state index contributed by atoms with van der Waals surface area (Å²) in [5.41, 5.74) is 0.0468. The van der Waals surface area contributed by atoms with Gasteiger partial charge in [-0.05, 0) is 37.6 Å². The number of hydrogen-bond acceptors (Lipinski definition) is 5. The molecule has 0 saturated carbocycles. The van der Waals surface area contributed by atoms with E-state index < -0.39 is 34.6 Å². The molecule has 0 aliphatic carbocycles. The number of hydrogen-bond donors (Lipinski definition) is 1. The van der Waals surface area contributed by atoms with Crippen LogP contribution in [-0.2, 0) is 9.53 Å². The highest BCUT2D eigenvalue weighted by atomic mass is 19.1. The van der Waals surface area contributed by atoms with E-state index in [1.54, 1.807) is 6.92 Å². The molecule has 2 atom stereocenters. The maximum Gasteiger partial charge on any atom is 0.345 e. The first kappa shape index (κ1) is 19.0. The zero-order chi connectivity index (χ0) is 19.3. The molecule has 0 aliphatic heterocycles. The number of halogens is 1. The molecule has 0 radical (unpaired) electrons. The fourth-order valence-corrected chi connectivity index (χ4v) is 2.25. The zero-order valence-corrected chi connectivity index (χ0v) is 14.1. The molecule has 7 nitrogen and oxygen atoms in total. The van der Waals surface area contributed by atoms with Crippen molar-refractivity contribution in [2.45, 2.75) is 26.0 Å². The predicted octanol–water partition coefficient (Wildman–Crippen LogP) is 3.16. The molecule has 2 aromatic carbocycles. The van der Waals surface area contributed by atoms with Gasteiger partial charge in [0.25, 0.3) is 11.6 Å². The second-order valence-electron chi connectivity index (χ2n) is 5.60. The van der Waals surface area contributed by atoms with Gasteiger partial charge in [0.05, 0.1) is 11.0 Å². The van der Waals surface area contributed by atoms with E-state index in [-0.39, 0.29) is 11.4 Å². The average Bonchev–Trinajstić information content (AvgIpc) is 2.61. The minimum Gasteiger partial charge on any atom is -0.449 e. The van der Waals surface area contributed by atoms with Gasteiger partial charge in [-0.1, -0.05) is 24.3 Å². The topological polar surface area (TPSA) is 98.5 Å². The number of nitro benzene ring substituents is 1. The molecule has 2 rings (SSSR count). The van der Waals surface area contributed by atoms with Crippen molar-refractivity contribution in [1.82, 2.24) is 5.32 Å². The molecule has 0 aromatic heterocycles. The van der Waals surface area contributed by atoms with Crippen molar-refractivity contribution < 1.29 is 23.6 Å². The number of para-hydroxylation sites is 1. The second-order valence-corrected chi connectivity index (χ2v) is 5.60. The number of esters is 1. The lowest BCUT2D eigenvalue weighted by Crippen LogP contribution is -2.37. The van der Waals surface area contributed by atoms with Gasteiger partial charge in [0.2, 0.25) is 0 Å². The Morgan fingerprint density at radius 2 is 1.73 bits per heavy atom. The van der Waals surface area contributed by atoms with Crippen molar-refractivity contribution in [2.75, 3.05) is 0 Å². The van der Waals surface area contributed by atoms with Gasteiger partial charge in [0, 0.05) is 6.07 Å². The van der Waals surface area contributed by atoms with Crippen LogP contribution in [0.5, 0.6) is 0 Å². The molecule has 0 saturated heterocycles. The summed E-state index contributed by atoms with van der Waals surface area (Å²) >= 11 is 0. The van der Waals surface area contributed by atoms with Gasteiger partial charge in [0.1, 0.15) is 11.4 Å². The van der Waals surface area contributed by atoms with E-state index in [9.17, 15) is 24.1 Å². The first-order valence-corrected chi connectivity index (χ1v) is 7.80. The van der Waals surface area contributed by atoms with Crippen LogP contribution in [0.25, 0.3) is 0 Å². The maximum absolute atomic E-state index is 12.9. The summed E-state index contributed by atoms with van der Waals surface area (Å²) in [4.78, 5) is 34.6. The summed E-state index contributed by atoms with van der Waals surface area (Å²) in [6, 6.07) is 10.5. The van der Waals surface area contributed by atoms with Gasteiger partial charge in [0.15, 0.2) is 6.10 Å². The Morgan fingerprint density at radius 1 is 1.12 bits per heavy atom. The van der Waals surface area contributed by atoms with E-state index in [0.717, 1.165) is 0 Å². The maximum atomic E-state index is 12.9. The van der Waals surface area contributed by atoms with Crippen LogP contribution in [0.1, 0.15) is 35.8 Å². The van der Waals surface area contributed by atoms with E-state index in [0.29, 0.717) is 5.56 Å². The molecule has 26 heavy (non-hydrogen) atoms. The monoisotopic (exact) mass is 360 g/mol. The van der Waals surface area contributed by atoms with Crippen molar-refractivity contribution in [1.29, 1.82) is 0 Å². The lowest BCUT2D eigenvalue weighted by Gasteiger charge is -2.18. The van der Waals surface area contributed by atoms with Gasteiger partial charge in [-0.25, -0.2) is 9.18 Å². The number of ether oxygens (including phenoxy) is 1. The number of nitrogens with one attached hydrogen (secondary N) is 1. The minimum atomic E-state index is -1.16. The highest BCUT2D eigenvalue weighted by Gasteiger charge is 2.25. The first-order valence-electron chi connectivity index (χ1n) is 7.80. The summed E-state index contributed by atoms with van der Waals surface area (Å²) in [6.07, 6.45) is -1.16. The Balaban J connectivity index is 2.01. The van der Waals surface area contributed by atoms with Crippen molar-refractivity contribution in [3.8, 4) is 0 Å². The van der Waals surface area contributed by atoms with Crippen LogP contribution < -0.4 is 5.32 Å². The number of carbonyl (C=O) groups is 2. The molecule has 2 aromatic rings. The molecule has 1 amide bonds. The summed E-state index contributed by atoms with van der Waals surface area (Å²) in [5.74, 6) is -1.93. The lowest BCUT2D eigenvalue weighted by atomic mass is 10.1. The van der Waals surface area contributed by atoms with Gasteiger partial charge in [-0.2, -0.15) is 0 Å². The van der Waals surface area contributed by atoms with Gasteiger partial charge >= 0.3 is 5.97 Å². The summed E-state index contributed by atoms with van der Waals surface area (Å²) in [7, 11) is 0. The van der Waals surface area contributed by atoms with E-state index in [1.807, 2.05) is 0 Å². The number of rotatable bonds is 6. The van der Waals surface area contributed by atoms with Crippen molar-refractivity contribution in [3.63, 3.8) is 0 Å². The molecule has 0 unspecified atom stereocenters. The fourth-order valence-electron chi connectivity index (χ4n) is 2.25. The molecule has 0 aliphatic rings. The summed E-state index contributed by atoms with van der Waals surface area (Å²) in [5, 5.41) is 13.6. The first-order chi connectivity index (χ1) is 12.3. The Bertz CT molecular complexity index is 823. The lowest BCUT2D eigenvalue weighted by molar-refractivity contribution is -0.385. The van der Waals surface area contributed by atoms with E-state index in [1.165, 1.54) is 55.5 Å². The van der Waals surface area contributed by atoms with E-state index in [2.05, 4.69) is 5.32 Å². The van der Waals surface area contributed by atoms with Crippen LogP contribution in [0.3, 0.4) is 0 Å². The predicted molar refractivity (Wildman–Crippen MR) is 90.9 cm³/mol. The number of nitrogens with zero attached hydrogens (tertiary/aromatic N) is 1. The molecular weight excluding hydrogens is 343 g/mol. The highest BCUT2D eigenvalue weighted by Crippen LogP contribution is 2.19. The zero-order valence-electron chi connectivity index (χ0n) is 14.1. The smallest absolute Gasteiger partial charge is 0.345 e. The largest absolute Gasteiger partial charge is 0.449 e. The van der Waals surface area contributed by atoms with Gasteiger partial charge < -0.3 is 10.1 Å². The number of amides is 1. The molecule has 0 spiro atoms. The summed E-state index contributed by atoms with van der Waals surface area (Å²) < 4.78 is 18.0. The van der Waals surface area contributed by atoms with E-state index >= 15 is 0 Å². The van der Waals surface area contributed by atoms with Gasteiger partial charge in [-0.15, -0.1) is 0 Å².